The number of aliphatic hydroxyl groups excluding tert-OH is 2. The molecule has 1 unspecified atom stereocenters. The molecule has 3 rings (SSSR count). The van der Waals surface area contributed by atoms with E-state index in [1.54, 1.807) is 54.6 Å². The molecule has 4 N–H and O–H groups in total. The second-order valence-corrected chi connectivity index (χ2v) is 8.22. The molecule has 2 aromatic carbocycles. The lowest BCUT2D eigenvalue weighted by atomic mass is 9.87. The molecule has 1 heterocycles. The highest BCUT2D eigenvalue weighted by atomic mass is 16.4. The number of aliphatic carboxylic acids is 1. The Morgan fingerprint density at radius 3 is 2.31 bits per heavy atom. The largest absolute Gasteiger partial charge is 0.481 e. The number of carboxylic acid groups (broad SMARTS) is 1. The smallest absolute Gasteiger partial charge is 0.313 e. The maximum Gasteiger partial charge on any atom is 0.313 e. The molecule has 0 radical (unpaired) electrons. The molecule has 0 bridgehead atoms. The fourth-order valence-electron chi connectivity index (χ4n) is 3.33. The number of amides is 1. The summed E-state index contributed by atoms with van der Waals surface area (Å²) in [6, 6.07) is 15.2. The lowest BCUT2D eigenvalue weighted by Gasteiger charge is -2.27. The summed E-state index contributed by atoms with van der Waals surface area (Å²) in [6.07, 6.45) is -1.57. The highest BCUT2D eigenvalue weighted by Gasteiger charge is 2.35. The molecule has 0 saturated carbocycles. The van der Waals surface area contributed by atoms with Gasteiger partial charge in [-0.25, -0.2) is 0 Å². The van der Waals surface area contributed by atoms with Crippen LogP contribution < -0.4 is 10.7 Å². The predicted octanol–water partition coefficient (Wildman–Crippen LogP) is 2.12. The lowest BCUT2D eigenvalue weighted by Crippen LogP contribution is -2.47. The van der Waals surface area contributed by atoms with Crippen molar-refractivity contribution >= 4 is 22.8 Å². The molecule has 3 aromatic rings. The molecule has 0 aliphatic rings. The zero-order valence-electron chi connectivity index (χ0n) is 17.7. The normalized spacial score (nSPS) is 13.5. The SMILES string of the molecule is CC(C)(CO)[C@@H](O)C(=O)NCC(C(=O)O)c1c(-c2ccccc2)oc2ccccc2c1=O. The van der Waals surface area contributed by atoms with Crippen LogP contribution in [0.2, 0.25) is 0 Å². The summed E-state index contributed by atoms with van der Waals surface area (Å²) in [6.45, 7) is 2.10. The third kappa shape index (κ3) is 4.56. The molecule has 0 aliphatic carbocycles. The highest BCUT2D eigenvalue weighted by molar-refractivity contribution is 5.87. The van der Waals surface area contributed by atoms with E-state index < -0.39 is 47.9 Å². The van der Waals surface area contributed by atoms with E-state index in [2.05, 4.69) is 5.32 Å². The number of benzene rings is 2. The van der Waals surface area contributed by atoms with Crippen LogP contribution in [0.15, 0.2) is 63.8 Å². The minimum absolute atomic E-state index is 0.0985. The quantitative estimate of drug-likeness (QED) is 0.422. The molecule has 8 heteroatoms. The van der Waals surface area contributed by atoms with Gasteiger partial charge >= 0.3 is 5.97 Å². The second-order valence-electron chi connectivity index (χ2n) is 8.22. The first kappa shape index (κ1) is 23.2. The van der Waals surface area contributed by atoms with Gasteiger partial charge in [-0.15, -0.1) is 0 Å². The number of carbonyl (C=O) groups excluding carboxylic acids is 1. The predicted molar refractivity (Wildman–Crippen MR) is 118 cm³/mol. The molecule has 2 atom stereocenters. The van der Waals surface area contributed by atoms with E-state index >= 15 is 0 Å². The maximum absolute atomic E-state index is 13.3. The Kier molecular flexibility index (Phi) is 6.76. The van der Waals surface area contributed by atoms with Gasteiger partial charge in [0.1, 0.15) is 23.4 Å². The van der Waals surface area contributed by atoms with E-state index in [1.807, 2.05) is 0 Å². The number of carbonyl (C=O) groups is 2. The van der Waals surface area contributed by atoms with Gasteiger partial charge in [0.15, 0.2) is 5.43 Å². The summed E-state index contributed by atoms with van der Waals surface area (Å²) < 4.78 is 5.96. The van der Waals surface area contributed by atoms with Crippen molar-refractivity contribution in [2.45, 2.75) is 25.9 Å². The lowest BCUT2D eigenvalue weighted by molar-refractivity contribution is -0.140. The van der Waals surface area contributed by atoms with Gasteiger partial charge in [0.25, 0.3) is 0 Å². The van der Waals surface area contributed by atoms with Gasteiger partial charge < -0.3 is 25.1 Å². The van der Waals surface area contributed by atoms with E-state index in [1.165, 1.54) is 13.8 Å². The molecule has 168 valence electrons. The van der Waals surface area contributed by atoms with E-state index in [4.69, 9.17) is 4.42 Å². The number of rotatable bonds is 8. The van der Waals surface area contributed by atoms with E-state index in [0.29, 0.717) is 11.1 Å². The van der Waals surface area contributed by atoms with Crippen molar-refractivity contribution in [3.8, 4) is 11.3 Å². The van der Waals surface area contributed by atoms with Gasteiger partial charge in [0.05, 0.1) is 17.6 Å². The Bertz CT molecular complexity index is 1180. The first-order valence-electron chi connectivity index (χ1n) is 10.1. The number of hydrogen-bond acceptors (Lipinski definition) is 6. The molecule has 32 heavy (non-hydrogen) atoms. The van der Waals surface area contributed by atoms with Crippen LogP contribution in [0.4, 0.5) is 0 Å². The van der Waals surface area contributed by atoms with Crippen molar-refractivity contribution in [3.63, 3.8) is 0 Å². The van der Waals surface area contributed by atoms with Crippen molar-refractivity contribution in [2.24, 2.45) is 5.41 Å². The number of para-hydroxylation sites is 1. The summed E-state index contributed by atoms with van der Waals surface area (Å²) in [5, 5.41) is 32.1. The van der Waals surface area contributed by atoms with Crippen LogP contribution in [0.3, 0.4) is 0 Å². The molecule has 1 amide bonds. The van der Waals surface area contributed by atoms with Crippen LogP contribution >= 0.6 is 0 Å². The van der Waals surface area contributed by atoms with Gasteiger partial charge in [0.2, 0.25) is 5.91 Å². The van der Waals surface area contributed by atoms with Gasteiger partial charge in [-0.1, -0.05) is 56.3 Å². The molecule has 0 fully saturated rings. The van der Waals surface area contributed by atoms with Crippen LogP contribution in [0.5, 0.6) is 0 Å². The molecule has 0 aliphatic heterocycles. The summed E-state index contributed by atoms with van der Waals surface area (Å²) in [5.74, 6) is -3.51. The third-order valence-electron chi connectivity index (χ3n) is 5.39. The number of carboxylic acids is 1. The molecular weight excluding hydrogens is 414 g/mol. The van der Waals surface area contributed by atoms with Crippen molar-refractivity contribution in [1.29, 1.82) is 0 Å². The maximum atomic E-state index is 13.3. The fourth-order valence-corrected chi connectivity index (χ4v) is 3.33. The number of hydrogen-bond donors (Lipinski definition) is 4. The average molecular weight is 439 g/mol. The Morgan fingerprint density at radius 1 is 1.06 bits per heavy atom. The monoisotopic (exact) mass is 439 g/mol. The molecular formula is C24H25NO7. The van der Waals surface area contributed by atoms with Gasteiger partial charge in [-0.3, -0.25) is 14.4 Å². The third-order valence-corrected chi connectivity index (χ3v) is 5.39. The zero-order chi connectivity index (χ0) is 23.5. The summed E-state index contributed by atoms with van der Waals surface area (Å²) in [5.41, 5.74) is -0.903. The Morgan fingerprint density at radius 2 is 1.69 bits per heavy atom. The first-order valence-corrected chi connectivity index (χ1v) is 10.1. The second kappa shape index (κ2) is 9.33. The summed E-state index contributed by atoms with van der Waals surface area (Å²) in [4.78, 5) is 37.9. The molecule has 0 saturated heterocycles. The Hall–Kier alpha value is -3.49. The van der Waals surface area contributed by atoms with Gasteiger partial charge in [0, 0.05) is 17.5 Å². The molecule has 0 spiro atoms. The Labute approximate surface area is 184 Å². The number of fused-ring (bicyclic) bond motifs is 1. The zero-order valence-corrected chi connectivity index (χ0v) is 17.7. The minimum Gasteiger partial charge on any atom is -0.481 e. The van der Waals surface area contributed by atoms with Crippen molar-refractivity contribution in [2.75, 3.05) is 13.2 Å². The Balaban J connectivity index is 2.08. The van der Waals surface area contributed by atoms with Crippen molar-refractivity contribution in [1.82, 2.24) is 5.32 Å². The first-order chi connectivity index (χ1) is 15.2. The van der Waals surface area contributed by atoms with Crippen LogP contribution in [0.25, 0.3) is 22.3 Å². The van der Waals surface area contributed by atoms with E-state index in [0.717, 1.165) is 0 Å². The van der Waals surface area contributed by atoms with Gasteiger partial charge in [-0.05, 0) is 12.1 Å². The average Bonchev–Trinajstić information content (AvgIpc) is 2.80. The summed E-state index contributed by atoms with van der Waals surface area (Å²) in [7, 11) is 0. The topological polar surface area (TPSA) is 137 Å². The van der Waals surface area contributed by atoms with Crippen LogP contribution in [0, 0.1) is 5.41 Å². The molecule has 1 aromatic heterocycles. The van der Waals surface area contributed by atoms with Gasteiger partial charge in [-0.2, -0.15) is 0 Å². The van der Waals surface area contributed by atoms with E-state index in [-0.39, 0.29) is 16.7 Å². The van der Waals surface area contributed by atoms with Crippen LogP contribution in [0.1, 0.15) is 25.3 Å². The number of aliphatic hydroxyl groups is 2. The number of nitrogens with one attached hydrogen (secondary N) is 1. The fraction of sp³-hybridized carbons (Fsp3) is 0.292. The minimum atomic E-state index is -1.57. The van der Waals surface area contributed by atoms with Crippen molar-refractivity contribution in [3.05, 3.63) is 70.4 Å². The van der Waals surface area contributed by atoms with Crippen molar-refractivity contribution < 1.29 is 29.3 Å². The molecule has 8 nitrogen and oxygen atoms in total. The van der Waals surface area contributed by atoms with Crippen LogP contribution in [-0.2, 0) is 9.59 Å². The highest BCUT2D eigenvalue weighted by Crippen LogP contribution is 2.30. The van der Waals surface area contributed by atoms with E-state index in [9.17, 15) is 29.7 Å². The standard InChI is InChI=1S/C24H25NO7/c1-24(2,13-26)21(28)22(29)25-12-16(23(30)31)18-19(27)15-10-6-7-11-17(15)32-20(18)14-8-4-3-5-9-14/h3-11,16,21,26,28H,12-13H2,1-2H3,(H,25,29)(H,30,31)/t16?,21-/m0/s1. The summed E-state index contributed by atoms with van der Waals surface area (Å²) >= 11 is 0. The van der Waals surface area contributed by atoms with Crippen LogP contribution in [-0.4, -0.2) is 46.5 Å².